The summed E-state index contributed by atoms with van der Waals surface area (Å²) in [6.45, 7) is 2.22. The van der Waals surface area contributed by atoms with Gasteiger partial charge in [-0.1, -0.05) is 83.3 Å². The number of benzene rings is 3. The number of thiazole rings is 1. The van der Waals surface area contributed by atoms with E-state index in [4.69, 9.17) is 4.74 Å². The van der Waals surface area contributed by atoms with Crippen molar-refractivity contribution in [2.75, 3.05) is 4.90 Å². The number of carbonyl (C=O) groups excluding carboxylic acids is 2. The number of hydrogen-bond acceptors (Lipinski definition) is 6. The number of amides is 2. The van der Waals surface area contributed by atoms with Gasteiger partial charge in [-0.2, -0.15) is 13.2 Å². The van der Waals surface area contributed by atoms with Crippen LogP contribution in [0.5, 0.6) is 5.75 Å². The summed E-state index contributed by atoms with van der Waals surface area (Å²) >= 11 is 1.93. The van der Waals surface area contributed by atoms with Crippen LogP contribution in [-0.4, -0.2) is 22.0 Å². The SMILES string of the molecule is Cc1ccc(COc2ccccc2[C@H]2c3sc(=O)[nH]c3SC3C(=O)N(c4ccccc4C(F)(F)F)C(=O)C32)cc1. The lowest BCUT2D eigenvalue weighted by Crippen LogP contribution is -2.33. The molecule has 4 aromatic rings. The van der Waals surface area contributed by atoms with Crippen molar-refractivity contribution < 1.29 is 27.5 Å². The maximum Gasteiger partial charge on any atom is 0.418 e. The van der Waals surface area contributed by atoms with Gasteiger partial charge < -0.3 is 9.72 Å². The van der Waals surface area contributed by atoms with Crippen LogP contribution >= 0.6 is 23.1 Å². The number of anilines is 1. The van der Waals surface area contributed by atoms with E-state index in [-0.39, 0.29) is 11.5 Å². The molecule has 40 heavy (non-hydrogen) atoms. The highest BCUT2D eigenvalue weighted by Crippen LogP contribution is 2.55. The van der Waals surface area contributed by atoms with E-state index in [2.05, 4.69) is 4.98 Å². The average Bonchev–Trinajstić information content (AvgIpc) is 3.42. The molecule has 1 fully saturated rings. The quantitative estimate of drug-likeness (QED) is 0.286. The number of aromatic amines is 1. The van der Waals surface area contributed by atoms with Crippen LogP contribution in [-0.2, 0) is 22.4 Å². The number of nitrogens with zero attached hydrogens (tertiary/aromatic N) is 1. The number of imide groups is 1. The summed E-state index contributed by atoms with van der Waals surface area (Å²) in [5.41, 5.74) is 1.03. The summed E-state index contributed by atoms with van der Waals surface area (Å²) in [5.74, 6) is -2.86. The second-order valence-electron chi connectivity index (χ2n) is 9.59. The molecule has 6 nitrogen and oxygen atoms in total. The third-order valence-corrected chi connectivity index (χ3v) is 9.44. The summed E-state index contributed by atoms with van der Waals surface area (Å²) in [5, 5.41) is -0.594. The van der Waals surface area contributed by atoms with Crippen LogP contribution in [0, 0.1) is 12.8 Å². The predicted molar refractivity (Wildman–Crippen MR) is 146 cm³/mol. The molecule has 6 rings (SSSR count). The van der Waals surface area contributed by atoms with E-state index in [0.29, 0.717) is 26.1 Å². The van der Waals surface area contributed by atoms with Gasteiger partial charge in [0.1, 0.15) is 17.6 Å². The Hall–Kier alpha value is -3.83. The van der Waals surface area contributed by atoms with Crippen molar-refractivity contribution in [2.45, 2.75) is 35.9 Å². The molecule has 3 atom stereocenters. The summed E-state index contributed by atoms with van der Waals surface area (Å²) in [6.07, 6.45) is -4.77. The van der Waals surface area contributed by atoms with Gasteiger partial charge in [0.05, 0.1) is 22.2 Å². The van der Waals surface area contributed by atoms with Crippen LogP contribution in [0.1, 0.15) is 33.0 Å². The predicted octanol–water partition coefficient (Wildman–Crippen LogP) is 6.14. The lowest BCUT2D eigenvalue weighted by Gasteiger charge is -2.30. The van der Waals surface area contributed by atoms with Crippen LogP contribution in [0.25, 0.3) is 0 Å². The van der Waals surface area contributed by atoms with Crippen LogP contribution in [0.4, 0.5) is 18.9 Å². The lowest BCUT2D eigenvalue weighted by molar-refractivity contribution is -0.137. The smallest absolute Gasteiger partial charge is 0.418 e. The molecule has 2 aliphatic rings. The number of rotatable bonds is 5. The number of hydrogen-bond donors (Lipinski definition) is 1. The fourth-order valence-electron chi connectivity index (χ4n) is 5.21. The van der Waals surface area contributed by atoms with Gasteiger partial charge in [0, 0.05) is 16.4 Å². The molecule has 11 heteroatoms. The minimum absolute atomic E-state index is 0.237. The van der Waals surface area contributed by atoms with Gasteiger partial charge in [-0.15, -0.1) is 0 Å². The monoisotopic (exact) mass is 582 g/mol. The van der Waals surface area contributed by atoms with Gasteiger partial charge in [-0.3, -0.25) is 14.4 Å². The number of fused-ring (bicyclic) bond motifs is 2. The number of nitrogens with one attached hydrogen (secondary N) is 1. The number of aromatic nitrogens is 1. The fourth-order valence-corrected chi connectivity index (χ4v) is 7.72. The third-order valence-electron chi connectivity index (χ3n) is 7.04. The molecule has 1 saturated heterocycles. The van der Waals surface area contributed by atoms with Gasteiger partial charge >= 0.3 is 11.0 Å². The Morgan fingerprint density at radius 3 is 2.38 bits per heavy atom. The van der Waals surface area contributed by atoms with Gasteiger partial charge in [-0.25, -0.2) is 4.90 Å². The molecule has 1 aromatic heterocycles. The Bertz CT molecular complexity index is 1680. The highest BCUT2D eigenvalue weighted by Gasteiger charge is 2.57. The minimum Gasteiger partial charge on any atom is -0.489 e. The minimum atomic E-state index is -4.77. The number of thioether (sulfide) groups is 1. The maximum absolute atomic E-state index is 14.0. The fraction of sp³-hybridized carbons (Fsp3) is 0.207. The van der Waals surface area contributed by atoms with E-state index in [1.165, 1.54) is 12.1 Å². The number of halogens is 3. The van der Waals surface area contributed by atoms with Crippen molar-refractivity contribution in [1.82, 2.24) is 4.98 Å². The molecule has 1 N–H and O–H groups in total. The van der Waals surface area contributed by atoms with E-state index in [0.717, 1.165) is 46.4 Å². The first-order valence-corrected chi connectivity index (χ1v) is 14.0. The number of aryl methyl sites for hydroxylation is 1. The highest BCUT2D eigenvalue weighted by molar-refractivity contribution is 8.00. The first-order chi connectivity index (χ1) is 19.1. The van der Waals surface area contributed by atoms with Crippen molar-refractivity contribution >= 4 is 40.6 Å². The number of alkyl halides is 3. The molecule has 0 saturated carbocycles. The Labute approximate surface area is 234 Å². The number of carbonyl (C=O) groups is 2. The number of H-pyrrole nitrogens is 1. The van der Waals surface area contributed by atoms with Crippen molar-refractivity contribution in [1.29, 1.82) is 0 Å². The average molecular weight is 583 g/mol. The second kappa shape index (κ2) is 9.97. The molecule has 0 spiro atoms. The molecule has 3 aromatic carbocycles. The Morgan fingerprint density at radius 2 is 1.62 bits per heavy atom. The van der Waals surface area contributed by atoms with Crippen molar-refractivity contribution in [2.24, 2.45) is 5.92 Å². The number of para-hydroxylation sites is 2. The zero-order valence-corrected chi connectivity index (χ0v) is 22.5. The molecule has 3 heterocycles. The molecule has 2 amide bonds. The van der Waals surface area contributed by atoms with E-state index >= 15 is 0 Å². The Morgan fingerprint density at radius 1 is 0.925 bits per heavy atom. The molecule has 204 valence electrons. The van der Waals surface area contributed by atoms with Crippen molar-refractivity contribution in [3.63, 3.8) is 0 Å². The molecule has 2 aliphatic heterocycles. The normalized spacial score (nSPS) is 20.4. The van der Waals surface area contributed by atoms with E-state index in [1.807, 2.05) is 31.2 Å². The standard InChI is InChI=1S/C29H21F3N2O4S2/c1-15-10-12-16(13-11-15)14-38-20-9-5-2-6-17(20)21-22-24(39-25-23(21)40-28(37)33-25)27(36)34(26(22)35)19-8-4-3-7-18(19)29(30,31)32/h2-13,21-22,24H,14H2,1H3,(H,33,37)/t21-,22?,24?/m1/s1. The van der Waals surface area contributed by atoms with Gasteiger partial charge in [-0.05, 0) is 30.7 Å². The van der Waals surface area contributed by atoms with Crippen LogP contribution in [0.3, 0.4) is 0 Å². The van der Waals surface area contributed by atoms with Crippen LogP contribution in [0.2, 0.25) is 0 Å². The summed E-state index contributed by atoms with van der Waals surface area (Å²) < 4.78 is 47.8. The zero-order valence-electron chi connectivity index (χ0n) is 20.9. The van der Waals surface area contributed by atoms with Crippen LogP contribution < -0.4 is 14.5 Å². The zero-order chi connectivity index (χ0) is 28.2. The van der Waals surface area contributed by atoms with Crippen molar-refractivity contribution in [3.8, 4) is 5.75 Å². The van der Waals surface area contributed by atoms with Gasteiger partial charge in [0.25, 0.3) is 0 Å². The Kier molecular flexibility index (Phi) is 6.58. The van der Waals surface area contributed by atoms with Crippen molar-refractivity contribution in [3.05, 3.63) is 110 Å². The third kappa shape index (κ3) is 4.52. The van der Waals surface area contributed by atoms with E-state index in [9.17, 15) is 27.6 Å². The summed E-state index contributed by atoms with van der Waals surface area (Å²) in [7, 11) is 0. The van der Waals surface area contributed by atoms with Gasteiger partial charge in [0.15, 0.2) is 0 Å². The lowest BCUT2D eigenvalue weighted by atomic mass is 9.82. The molecular weight excluding hydrogens is 561 g/mol. The highest BCUT2D eigenvalue weighted by atomic mass is 32.2. The second-order valence-corrected chi connectivity index (χ2v) is 11.8. The Balaban J connectivity index is 1.44. The molecule has 0 bridgehead atoms. The molecule has 0 radical (unpaired) electrons. The largest absolute Gasteiger partial charge is 0.489 e. The first kappa shape index (κ1) is 26.4. The number of ether oxygens (including phenoxy) is 1. The van der Waals surface area contributed by atoms with Crippen LogP contribution in [0.15, 0.2) is 82.6 Å². The summed E-state index contributed by atoms with van der Waals surface area (Å²) in [6, 6.07) is 19.4. The summed E-state index contributed by atoms with van der Waals surface area (Å²) in [4.78, 5) is 43.6. The van der Waals surface area contributed by atoms with Gasteiger partial charge in [0.2, 0.25) is 11.8 Å². The van der Waals surface area contributed by atoms with E-state index in [1.54, 1.807) is 24.3 Å². The van der Waals surface area contributed by atoms with E-state index < -0.39 is 46.3 Å². The topological polar surface area (TPSA) is 79.5 Å². The maximum atomic E-state index is 14.0. The first-order valence-electron chi connectivity index (χ1n) is 12.3. The molecular formula is C29H21F3N2O4S2. The molecule has 2 unspecified atom stereocenters. The molecule has 0 aliphatic carbocycles.